The molecule has 0 bridgehead atoms. The Hall–Kier alpha value is -1.23. The lowest BCUT2D eigenvalue weighted by atomic mass is 10.4. The van der Waals surface area contributed by atoms with Gasteiger partial charge in [0, 0.05) is 0 Å². The predicted molar refractivity (Wildman–Crippen MR) is 36.7 cm³/mol. The standard InChI is InChI=1S/C4H5N3O2.ClH/c5-3(8)2-4(6)9-1-7-2;/h1H,6H2,(H2,5,8);1H. The second kappa shape index (κ2) is 3.07. The second-order valence-corrected chi connectivity index (χ2v) is 1.43. The summed E-state index contributed by atoms with van der Waals surface area (Å²) < 4.78 is 4.49. The van der Waals surface area contributed by atoms with E-state index in [0.29, 0.717) is 0 Å². The molecule has 0 aromatic carbocycles. The van der Waals surface area contributed by atoms with Crippen molar-refractivity contribution in [3.8, 4) is 0 Å². The van der Waals surface area contributed by atoms with Crippen molar-refractivity contribution in [3.05, 3.63) is 12.1 Å². The molecule has 1 rings (SSSR count). The minimum atomic E-state index is -0.679. The van der Waals surface area contributed by atoms with Crippen LogP contribution in [0.3, 0.4) is 0 Å². The van der Waals surface area contributed by atoms with Crippen LogP contribution in [0.25, 0.3) is 0 Å². The average Bonchev–Trinajstić information content (AvgIpc) is 2.13. The van der Waals surface area contributed by atoms with E-state index in [1.807, 2.05) is 0 Å². The molecular formula is C4H6ClN3O2. The Morgan fingerprint density at radius 3 is 2.50 bits per heavy atom. The summed E-state index contributed by atoms with van der Waals surface area (Å²) in [5.41, 5.74) is 9.91. The van der Waals surface area contributed by atoms with E-state index < -0.39 is 5.91 Å². The zero-order valence-electron chi connectivity index (χ0n) is 4.90. The van der Waals surface area contributed by atoms with Crippen molar-refractivity contribution in [3.63, 3.8) is 0 Å². The molecule has 0 atom stereocenters. The fourth-order valence-electron chi connectivity index (χ4n) is 0.440. The number of hydrogen-bond donors (Lipinski definition) is 2. The molecule has 0 radical (unpaired) electrons. The van der Waals surface area contributed by atoms with Crippen molar-refractivity contribution in [1.29, 1.82) is 0 Å². The molecule has 0 saturated heterocycles. The molecule has 0 aliphatic heterocycles. The van der Waals surface area contributed by atoms with E-state index in [9.17, 15) is 4.79 Å². The van der Waals surface area contributed by atoms with Crippen LogP contribution in [0.1, 0.15) is 10.5 Å². The molecule has 1 amide bonds. The maximum Gasteiger partial charge on any atom is 0.272 e. The van der Waals surface area contributed by atoms with Crippen LogP contribution >= 0.6 is 12.4 Å². The van der Waals surface area contributed by atoms with Gasteiger partial charge in [0.15, 0.2) is 12.1 Å². The van der Waals surface area contributed by atoms with E-state index >= 15 is 0 Å². The lowest BCUT2D eigenvalue weighted by Gasteiger charge is -1.84. The van der Waals surface area contributed by atoms with Gasteiger partial charge in [-0.1, -0.05) is 0 Å². The summed E-state index contributed by atoms with van der Waals surface area (Å²) in [7, 11) is 0. The van der Waals surface area contributed by atoms with Crippen molar-refractivity contribution in [2.24, 2.45) is 5.73 Å². The third-order valence-electron chi connectivity index (χ3n) is 0.828. The number of nitrogens with zero attached hydrogens (tertiary/aromatic N) is 1. The van der Waals surface area contributed by atoms with Gasteiger partial charge in [-0.15, -0.1) is 12.4 Å². The van der Waals surface area contributed by atoms with E-state index in [1.165, 1.54) is 0 Å². The SMILES string of the molecule is Cl.NC(=O)c1ncoc1N. The topological polar surface area (TPSA) is 95.1 Å². The molecule has 0 spiro atoms. The van der Waals surface area contributed by atoms with Gasteiger partial charge < -0.3 is 15.9 Å². The van der Waals surface area contributed by atoms with Crippen LogP contribution in [0.2, 0.25) is 0 Å². The van der Waals surface area contributed by atoms with Crippen LogP contribution in [0.4, 0.5) is 5.88 Å². The Bertz CT molecular complexity index is 234. The highest BCUT2D eigenvalue weighted by Gasteiger charge is 2.08. The van der Waals surface area contributed by atoms with Crippen LogP contribution in [-0.4, -0.2) is 10.9 Å². The Labute approximate surface area is 62.8 Å². The van der Waals surface area contributed by atoms with E-state index in [-0.39, 0.29) is 24.0 Å². The molecular weight excluding hydrogens is 158 g/mol. The summed E-state index contributed by atoms with van der Waals surface area (Å²) in [4.78, 5) is 13.8. The number of carbonyl (C=O) groups excluding carboxylic acids is 1. The second-order valence-electron chi connectivity index (χ2n) is 1.43. The molecule has 0 saturated carbocycles. The summed E-state index contributed by atoms with van der Waals surface area (Å²) in [6, 6.07) is 0. The molecule has 1 aromatic heterocycles. The van der Waals surface area contributed by atoms with Crippen LogP contribution in [0, 0.1) is 0 Å². The van der Waals surface area contributed by atoms with E-state index in [2.05, 4.69) is 9.40 Å². The summed E-state index contributed by atoms with van der Waals surface area (Å²) in [6.45, 7) is 0. The van der Waals surface area contributed by atoms with Crippen LogP contribution in [0.5, 0.6) is 0 Å². The third kappa shape index (κ3) is 1.38. The molecule has 0 aliphatic rings. The van der Waals surface area contributed by atoms with Gasteiger partial charge in [0.1, 0.15) is 0 Å². The van der Waals surface area contributed by atoms with Crippen LogP contribution in [-0.2, 0) is 0 Å². The number of oxazole rings is 1. The van der Waals surface area contributed by atoms with Gasteiger partial charge in [0.2, 0.25) is 5.88 Å². The van der Waals surface area contributed by atoms with Gasteiger partial charge in [-0.05, 0) is 0 Å². The minimum absolute atomic E-state index is 0. The lowest BCUT2D eigenvalue weighted by Crippen LogP contribution is -2.13. The maximum atomic E-state index is 10.3. The zero-order chi connectivity index (χ0) is 6.85. The fraction of sp³-hybridized carbons (Fsp3) is 0. The fourth-order valence-corrected chi connectivity index (χ4v) is 0.440. The van der Waals surface area contributed by atoms with Crippen molar-refractivity contribution >= 4 is 24.2 Å². The van der Waals surface area contributed by atoms with Gasteiger partial charge in [-0.25, -0.2) is 4.98 Å². The molecule has 1 aromatic rings. The summed E-state index contributed by atoms with van der Waals surface area (Å²) in [5, 5.41) is 0. The molecule has 0 unspecified atom stereocenters. The maximum absolute atomic E-state index is 10.3. The average molecular weight is 164 g/mol. The molecule has 1 heterocycles. The van der Waals surface area contributed by atoms with Gasteiger partial charge in [0.25, 0.3) is 5.91 Å². The Balaban J connectivity index is 0.000000810. The first-order valence-electron chi connectivity index (χ1n) is 2.20. The first-order valence-corrected chi connectivity index (χ1v) is 2.20. The molecule has 4 N–H and O–H groups in total. The molecule has 0 aliphatic carbocycles. The van der Waals surface area contributed by atoms with Crippen molar-refractivity contribution < 1.29 is 9.21 Å². The first kappa shape index (κ1) is 8.77. The number of nitrogens with two attached hydrogens (primary N) is 2. The number of halogens is 1. The number of hydrogen-bond acceptors (Lipinski definition) is 4. The third-order valence-corrected chi connectivity index (χ3v) is 0.828. The van der Waals surface area contributed by atoms with Crippen molar-refractivity contribution in [2.45, 2.75) is 0 Å². The number of aromatic nitrogens is 1. The van der Waals surface area contributed by atoms with Crippen LogP contribution < -0.4 is 11.5 Å². The molecule has 56 valence electrons. The summed E-state index contributed by atoms with van der Waals surface area (Å²) in [5.74, 6) is -0.719. The molecule has 10 heavy (non-hydrogen) atoms. The normalized spacial score (nSPS) is 8.40. The molecule has 6 heteroatoms. The van der Waals surface area contributed by atoms with Crippen LogP contribution in [0.15, 0.2) is 10.8 Å². The van der Waals surface area contributed by atoms with Crippen molar-refractivity contribution in [1.82, 2.24) is 4.98 Å². The Morgan fingerprint density at radius 1 is 1.70 bits per heavy atom. The molecule has 5 nitrogen and oxygen atoms in total. The van der Waals surface area contributed by atoms with Crippen molar-refractivity contribution in [2.75, 3.05) is 5.73 Å². The quantitative estimate of drug-likeness (QED) is 0.598. The predicted octanol–water partition coefficient (Wildman–Crippen LogP) is -0.222. The minimum Gasteiger partial charge on any atom is -0.427 e. The van der Waals surface area contributed by atoms with E-state index in [4.69, 9.17) is 11.5 Å². The van der Waals surface area contributed by atoms with Gasteiger partial charge >= 0.3 is 0 Å². The Kier molecular flexibility index (Phi) is 2.69. The highest BCUT2D eigenvalue weighted by molar-refractivity contribution is 5.94. The summed E-state index contributed by atoms with van der Waals surface area (Å²) in [6.07, 6.45) is 1.06. The largest absolute Gasteiger partial charge is 0.427 e. The smallest absolute Gasteiger partial charge is 0.272 e. The number of rotatable bonds is 1. The first-order chi connectivity index (χ1) is 4.22. The highest BCUT2D eigenvalue weighted by Crippen LogP contribution is 2.05. The van der Waals surface area contributed by atoms with Gasteiger partial charge in [-0.3, -0.25) is 4.79 Å². The van der Waals surface area contributed by atoms with E-state index in [0.717, 1.165) is 6.39 Å². The number of carbonyl (C=O) groups is 1. The van der Waals surface area contributed by atoms with Gasteiger partial charge in [-0.2, -0.15) is 0 Å². The number of amides is 1. The monoisotopic (exact) mass is 163 g/mol. The van der Waals surface area contributed by atoms with Gasteiger partial charge in [0.05, 0.1) is 0 Å². The van der Waals surface area contributed by atoms with E-state index in [1.54, 1.807) is 0 Å². The zero-order valence-corrected chi connectivity index (χ0v) is 5.72. The summed E-state index contributed by atoms with van der Waals surface area (Å²) >= 11 is 0. The number of nitrogen functional groups attached to an aromatic ring is 1. The molecule has 0 fully saturated rings. The number of primary amides is 1. The number of anilines is 1. The lowest BCUT2D eigenvalue weighted by molar-refractivity contribution is 0.0996. The Morgan fingerprint density at radius 2 is 2.30 bits per heavy atom. The highest BCUT2D eigenvalue weighted by atomic mass is 35.5.